The molecule has 5 heteroatoms. The Morgan fingerprint density at radius 3 is 2.12 bits per heavy atom. The Kier molecular flexibility index (Phi) is 5.56. The molecule has 0 bridgehead atoms. The number of halogens is 2. The topological polar surface area (TPSA) is 42.0 Å². The van der Waals surface area contributed by atoms with Crippen molar-refractivity contribution in [3.05, 3.63) is 94.3 Å². The fourth-order valence-electron chi connectivity index (χ4n) is 2.67. The second-order valence-corrected chi connectivity index (χ2v) is 6.46. The van der Waals surface area contributed by atoms with Gasteiger partial charge in [0.05, 0.1) is 10.7 Å². The minimum Gasteiger partial charge on any atom is -0.310 e. The lowest BCUT2D eigenvalue weighted by Crippen LogP contribution is -2.17. The maximum atomic E-state index is 13.1. The van der Waals surface area contributed by atoms with Crippen molar-refractivity contribution in [2.24, 2.45) is 0 Å². The normalized spacial score (nSPS) is 10.7. The summed E-state index contributed by atoms with van der Waals surface area (Å²) >= 11 is 3.21. The molecule has 0 fully saturated rings. The third-order valence-corrected chi connectivity index (χ3v) is 4.46. The number of hydrogen-bond acceptors (Lipinski definition) is 2. The van der Waals surface area contributed by atoms with Gasteiger partial charge in [0.2, 0.25) is 5.91 Å². The van der Waals surface area contributed by atoms with E-state index in [1.807, 2.05) is 60.7 Å². The van der Waals surface area contributed by atoms with Gasteiger partial charge in [-0.15, -0.1) is 0 Å². The van der Waals surface area contributed by atoms with Gasteiger partial charge in [0, 0.05) is 12.3 Å². The number of amides is 1. The number of hydrogen-bond donors (Lipinski definition) is 1. The maximum Gasteiger partial charge on any atom is 0.226 e. The van der Waals surface area contributed by atoms with Crippen LogP contribution in [-0.4, -0.2) is 10.9 Å². The van der Waals surface area contributed by atoms with Crippen LogP contribution >= 0.6 is 15.9 Å². The van der Waals surface area contributed by atoms with Crippen LogP contribution < -0.4 is 5.32 Å². The third-order valence-electron chi connectivity index (χ3n) is 3.86. The lowest BCUT2D eigenvalue weighted by molar-refractivity contribution is -0.116. The Labute approximate surface area is 154 Å². The van der Waals surface area contributed by atoms with E-state index in [9.17, 15) is 9.18 Å². The number of benzene rings is 2. The zero-order valence-corrected chi connectivity index (χ0v) is 14.9. The van der Waals surface area contributed by atoms with Gasteiger partial charge in [0.1, 0.15) is 11.6 Å². The summed E-state index contributed by atoms with van der Waals surface area (Å²) in [5, 5.41) is 2.74. The van der Waals surface area contributed by atoms with Gasteiger partial charge in [-0.25, -0.2) is 9.37 Å². The molecule has 0 atom stereocenters. The van der Waals surface area contributed by atoms with Crippen LogP contribution in [-0.2, 0) is 4.79 Å². The molecule has 0 aliphatic carbocycles. The summed E-state index contributed by atoms with van der Waals surface area (Å²) in [4.78, 5) is 16.5. The van der Waals surface area contributed by atoms with Gasteiger partial charge in [0.25, 0.3) is 0 Å². The lowest BCUT2D eigenvalue weighted by atomic mass is 9.88. The Morgan fingerprint density at radius 1 is 1.04 bits per heavy atom. The molecule has 0 spiro atoms. The standard InChI is InChI=1S/C20H16BrFN2O/c21-18-11-16(22)13-23-20(18)24-19(25)12-17(14-7-3-1-4-8-14)15-9-5-2-6-10-15/h1-11,13,17H,12H2,(H,23,24,25). The van der Waals surface area contributed by atoms with E-state index in [0.717, 1.165) is 17.3 Å². The summed E-state index contributed by atoms with van der Waals surface area (Å²) < 4.78 is 13.5. The van der Waals surface area contributed by atoms with Crippen LogP contribution in [0.25, 0.3) is 0 Å². The number of rotatable bonds is 5. The van der Waals surface area contributed by atoms with Crippen LogP contribution in [0.4, 0.5) is 10.2 Å². The highest BCUT2D eigenvalue weighted by atomic mass is 79.9. The zero-order valence-electron chi connectivity index (χ0n) is 13.3. The first kappa shape index (κ1) is 17.3. The monoisotopic (exact) mass is 398 g/mol. The molecular formula is C20H16BrFN2O. The molecule has 25 heavy (non-hydrogen) atoms. The summed E-state index contributed by atoms with van der Waals surface area (Å²) in [6.07, 6.45) is 1.34. The molecular weight excluding hydrogens is 383 g/mol. The molecule has 1 heterocycles. The average molecular weight is 399 g/mol. The van der Waals surface area contributed by atoms with Gasteiger partial charge in [-0.05, 0) is 33.1 Å². The first-order valence-corrected chi connectivity index (χ1v) is 8.63. The van der Waals surface area contributed by atoms with Crippen LogP contribution in [0.15, 0.2) is 77.4 Å². The molecule has 0 saturated carbocycles. The van der Waals surface area contributed by atoms with Crippen molar-refractivity contribution in [3.63, 3.8) is 0 Å². The Morgan fingerprint density at radius 2 is 1.60 bits per heavy atom. The minimum atomic E-state index is -0.462. The van der Waals surface area contributed by atoms with Crippen LogP contribution in [0.1, 0.15) is 23.5 Å². The van der Waals surface area contributed by atoms with Gasteiger partial charge >= 0.3 is 0 Å². The van der Waals surface area contributed by atoms with Gasteiger partial charge in [-0.3, -0.25) is 4.79 Å². The number of aromatic nitrogens is 1. The first-order chi connectivity index (χ1) is 12.1. The van der Waals surface area contributed by atoms with E-state index in [4.69, 9.17) is 0 Å². The van der Waals surface area contributed by atoms with E-state index in [1.54, 1.807) is 0 Å². The fraction of sp³-hybridized carbons (Fsp3) is 0.100. The van der Waals surface area contributed by atoms with Crippen molar-refractivity contribution < 1.29 is 9.18 Å². The number of anilines is 1. The molecule has 3 nitrogen and oxygen atoms in total. The van der Waals surface area contributed by atoms with Crippen LogP contribution in [0, 0.1) is 5.82 Å². The van der Waals surface area contributed by atoms with E-state index < -0.39 is 5.82 Å². The second-order valence-electron chi connectivity index (χ2n) is 5.61. The predicted molar refractivity (Wildman–Crippen MR) is 99.9 cm³/mol. The molecule has 0 aliphatic rings. The average Bonchev–Trinajstić information content (AvgIpc) is 2.63. The summed E-state index contributed by atoms with van der Waals surface area (Å²) in [6, 6.07) is 21.1. The zero-order chi connectivity index (χ0) is 17.6. The highest BCUT2D eigenvalue weighted by Crippen LogP contribution is 2.29. The van der Waals surface area contributed by atoms with Crippen molar-refractivity contribution >= 4 is 27.7 Å². The van der Waals surface area contributed by atoms with Gasteiger partial charge < -0.3 is 5.32 Å². The Hall–Kier alpha value is -2.53. The van der Waals surface area contributed by atoms with Gasteiger partial charge in [-0.2, -0.15) is 0 Å². The third kappa shape index (κ3) is 4.51. The van der Waals surface area contributed by atoms with Crippen molar-refractivity contribution in [3.8, 4) is 0 Å². The molecule has 1 amide bonds. The van der Waals surface area contributed by atoms with Crippen molar-refractivity contribution in [2.45, 2.75) is 12.3 Å². The quantitative estimate of drug-likeness (QED) is 0.645. The fourth-order valence-corrected chi connectivity index (χ4v) is 3.09. The summed E-state index contributed by atoms with van der Waals surface area (Å²) in [5.74, 6) is -0.401. The number of nitrogens with zero attached hydrogens (tertiary/aromatic N) is 1. The van der Waals surface area contributed by atoms with Crippen molar-refractivity contribution in [1.82, 2.24) is 4.98 Å². The number of nitrogens with one attached hydrogen (secondary N) is 1. The van der Waals surface area contributed by atoms with Crippen LogP contribution in [0.5, 0.6) is 0 Å². The van der Waals surface area contributed by atoms with E-state index in [0.29, 0.717) is 10.3 Å². The SMILES string of the molecule is O=C(CC(c1ccccc1)c1ccccc1)Nc1ncc(F)cc1Br. The van der Waals surface area contributed by atoms with Crippen LogP contribution in [0.2, 0.25) is 0 Å². The van der Waals surface area contributed by atoms with E-state index in [2.05, 4.69) is 26.2 Å². The smallest absolute Gasteiger partial charge is 0.226 e. The number of carbonyl (C=O) groups excluding carboxylic acids is 1. The molecule has 1 aromatic heterocycles. The van der Waals surface area contributed by atoms with E-state index in [-0.39, 0.29) is 18.2 Å². The highest BCUT2D eigenvalue weighted by Gasteiger charge is 2.19. The predicted octanol–water partition coefficient (Wildman–Crippen LogP) is 5.14. The molecule has 0 radical (unpaired) electrons. The molecule has 3 aromatic rings. The molecule has 0 saturated heterocycles. The molecule has 1 N–H and O–H groups in total. The Balaban J connectivity index is 1.82. The van der Waals surface area contributed by atoms with E-state index in [1.165, 1.54) is 6.07 Å². The maximum absolute atomic E-state index is 13.1. The summed E-state index contributed by atoms with van der Waals surface area (Å²) in [5.41, 5.74) is 2.13. The van der Waals surface area contributed by atoms with Gasteiger partial charge in [0.15, 0.2) is 0 Å². The number of pyridine rings is 1. The molecule has 126 valence electrons. The molecule has 0 aliphatic heterocycles. The molecule has 2 aromatic carbocycles. The Bertz CT molecular complexity index is 817. The molecule has 0 unspecified atom stereocenters. The lowest BCUT2D eigenvalue weighted by Gasteiger charge is -2.18. The largest absolute Gasteiger partial charge is 0.310 e. The van der Waals surface area contributed by atoms with Gasteiger partial charge in [-0.1, -0.05) is 60.7 Å². The molecule has 3 rings (SSSR count). The van der Waals surface area contributed by atoms with Crippen molar-refractivity contribution in [1.29, 1.82) is 0 Å². The minimum absolute atomic E-state index is 0.0679. The first-order valence-electron chi connectivity index (χ1n) is 7.84. The summed E-state index contributed by atoms with van der Waals surface area (Å²) in [7, 11) is 0. The van der Waals surface area contributed by atoms with Crippen LogP contribution in [0.3, 0.4) is 0 Å². The second kappa shape index (κ2) is 8.03. The summed E-state index contributed by atoms with van der Waals surface area (Å²) in [6.45, 7) is 0. The van der Waals surface area contributed by atoms with Crippen molar-refractivity contribution in [2.75, 3.05) is 5.32 Å². The van der Waals surface area contributed by atoms with E-state index >= 15 is 0 Å². The highest BCUT2D eigenvalue weighted by molar-refractivity contribution is 9.10. The number of carbonyl (C=O) groups is 1.